The van der Waals surface area contributed by atoms with Crippen LogP contribution in [-0.2, 0) is 63.4 Å². The number of hydrogen-bond donors (Lipinski definition) is 0. The van der Waals surface area contributed by atoms with E-state index in [-0.39, 0.29) is 32.4 Å². The summed E-state index contributed by atoms with van der Waals surface area (Å²) in [5, 5.41) is 1.07. The first-order chi connectivity index (χ1) is 20.9. The van der Waals surface area contributed by atoms with E-state index in [2.05, 4.69) is 51.2 Å². The van der Waals surface area contributed by atoms with Gasteiger partial charge in [0.15, 0.2) is 0 Å². The molecule has 0 radical (unpaired) electrons. The Morgan fingerprint density at radius 3 is 1.48 bits per heavy atom. The Labute approximate surface area is 271 Å². The van der Waals surface area contributed by atoms with E-state index in [1.54, 1.807) is 7.11 Å². The summed E-state index contributed by atoms with van der Waals surface area (Å²) in [7, 11) is 3.36. The number of hydrogen-bond acceptors (Lipinski definition) is 5. The molecule has 10 nitrogen and oxygen atoms in total. The smallest absolute Gasteiger partial charge is 0 e. The van der Waals surface area contributed by atoms with E-state index < -0.39 is 19.9 Å². The van der Waals surface area contributed by atoms with Gasteiger partial charge in [0.05, 0.1) is 32.5 Å². The van der Waals surface area contributed by atoms with Crippen LogP contribution >= 0.6 is 7.92 Å². The molecule has 0 aromatic heterocycles. The summed E-state index contributed by atoms with van der Waals surface area (Å²) in [5.74, 6) is 6.39. The summed E-state index contributed by atoms with van der Waals surface area (Å²) in [4.78, 5) is 25.5. The number of allylic oxidation sites excluding steroid dienone is 2. The molecule has 0 fully saturated rings. The molecule has 2 aromatic rings. The molecule has 0 amide bonds. The van der Waals surface area contributed by atoms with E-state index in [0.29, 0.717) is 11.1 Å². The summed E-state index contributed by atoms with van der Waals surface area (Å²) in [6.45, 7) is 26.6. The molecule has 12 heteroatoms. The summed E-state index contributed by atoms with van der Waals surface area (Å²) in [6, 6.07) is 15.6. The first kappa shape index (κ1) is 44.5. The topological polar surface area (TPSA) is 161 Å². The fourth-order valence-corrected chi connectivity index (χ4v) is 8.37. The van der Waals surface area contributed by atoms with Crippen LogP contribution in [0, 0.1) is 45.1 Å². The fourth-order valence-electron chi connectivity index (χ4n) is 4.56. The molecule has 0 saturated carbocycles. The zero-order valence-electron chi connectivity index (χ0n) is 24.2. The van der Waals surface area contributed by atoms with Gasteiger partial charge in [-0.2, -0.15) is 0 Å². The Hall–Kier alpha value is -3.96. The molecular formula is C32H25O10PW. The minimum Gasteiger partial charge on any atom is 0 e. The van der Waals surface area contributed by atoms with Gasteiger partial charge in [-0.15, -0.1) is 0 Å². The van der Waals surface area contributed by atoms with Crippen molar-refractivity contribution >= 4 is 25.2 Å². The van der Waals surface area contributed by atoms with Gasteiger partial charge in [0.1, 0.15) is 5.75 Å². The van der Waals surface area contributed by atoms with Crippen LogP contribution in [0.3, 0.4) is 0 Å². The van der Waals surface area contributed by atoms with Gasteiger partial charge in [0, 0.05) is 43.5 Å². The molecule has 2 aliphatic rings. The van der Waals surface area contributed by atoms with E-state index in [0.717, 1.165) is 33.3 Å². The molecule has 2 atom stereocenters. The predicted molar refractivity (Wildman–Crippen MR) is 149 cm³/mol. The molecule has 4 rings (SSSR count). The molecule has 0 N–H and O–H groups in total. The minimum absolute atomic E-state index is 0. The quantitative estimate of drug-likeness (QED) is 0.115. The van der Waals surface area contributed by atoms with Crippen molar-refractivity contribution in [2.75, 3.05) is 21.3 Å². The van der Waals surface area contributed by atoms with Crippen LogP contribution < -0.4 is 10.0 Å². The maximum Gasteiger partial charge on any atom is 0 e. The molecule has 0 aliphatic carbocycles. The summed E-state index contributed by atoms with van der Waals surface area (Å²) >= 11 is 0. The maximum atomic E-state index is 12.8. The van der Waals surface area contributed by atoms with Crippen LogP contribution in [0.1, 0.15) is 25.0 Å². The number of carbonyl (C=O) groups excluding carboxylic acids is 2. The van der Waals surface area contributed by atoms with Gasteiger partial charge in [-0.25, -0.2) is 9.59 Å². The Morgan fingerprint density at radius 1 is 0.682 bits per heavy atom. The van der Waals surface area contributed by atoms with Crippen LogP contribution in [0.2, 0.25) is 0 Å². The van der Waals surface area contributed by atoms with Gasteiger partial charge in [0.2, 0.25) is 0 Å². The average Bonchev–Trinajstić information content (AvgIpc) is 3.58. The first-order valence-corrected chi connectivity index (χ1v) is 13.0. The summed E-state index contributed by atoms with van der Waals surface area (Å²) in [6.07, 6.45) is 0. The number of ether oxygens (including phenoxy) is 3. The van der Waals surface area contributed by atoms with Crippen LogP contribution in [0.25, 0.3) is 0 Å². The Balaban J connectivity index is -0.00000139. The number of fused-ring (bicyclic) bond motifs is 2. The largest absolute Gasteiger partial charge is 0 e. The summed E-state index contributed by atoms with van der Waals surface area (Å²) in [5.41, 5.74) is 4.51. The normalized spacial score (nSPS) is 15.9. The van der Waals surface area contributed by atoms with Crippen molar-refractivity contribution in [1.29, 1.82) is 0 Å². The van der Waals surface area contributed by atoms with E-state index in [1.165, 1.54) is 14.2 Å². The van der Waals surface area contributed by atoms with E-state index >= 15 is 0 Å². The molecule has 0 spiro atoms. The number of methoxy groups -OCH3 is 3. The van der Waals surface area contributed by atoms with E-state index in [9.17, 15) is 9.59 Å². The Kier molecular flexibility index (Phi) is 24.7. The van der Waals surface area contributed by atoms with Crippen molar-refractivity contribution in [3.63, 3.8) is 0 Å². The number of esters is 2. The molecule has 2 aromatic carbocycles. The van der Waals surface area contributed by atoms with Gasteiger partial charge in [0.25, 0.3) is 0 Å². The third-order valence-corrected chi connectivity index (χ3v) is 9.61. The number of carbonyl (C=O) groups is 2. The van der Waals surface area contributed by atoms with Crippen LogP contribution in [0.4, 0.5) is 0 Å². The third-order valence-electron chi connectivity index (χ3n) is 6.26. The van der Waals surface area contributed by atoms with Crippen LogP contribution in [0.5, 0.6) is 5.75 Å². The second-order valence-corrected chi connectivity index (χ2v) is 10.2. The minimum atomic E-state index is -0.967. The molecule has 0 saturated heterocycles. The van der Waals surface area contributed by atoms with E-state index in [1.807, 2.05) is 56.3 Å². The van der Waals surface area contributed by atoms with Crippen molar-refractivity contribution in [2.45, 2.75) is 25.2 Å². The molecule has 2 heterocycles. The number of benzene rings is 2. The SMILES string of the molecule is COC(=O)C1=C(C(=O)OC)C2C(C)=C(C)C1P2c1ccccc1C#Cc1ccc(OC)cc1.[C-]#[O+].[C-]#[O+].[C-]#[O+].[C-]#[O+].[C-]#[O+].[W]. The third kappa shape index (κ3) is 10.1. The number of rotatable bonds is 4. The summed E-state index contributed by atoms with van der Waals surface area (Å²) < 4.78 is 52.9. The second-order valence-electron chi connectivity index (χ2n) is 7.88. The molecule has 44 heavy (non-hydrogen) atoms. The molecule has 2 unspecified atom stereocenters. The predicted octanol–water partition coefficient (Wildman–Crippen LogP) is 3.76. The van der Waals surface area contributed by atoms with Gasteiger partial charge in [-0.3, -0.25) is 0 Å². The van der Waals surface area contributed by atoms with Crippen LogP contribution in [-0.4, -0.2) is 44.6 Å². The molecule has 224 valence electrons. The molecule has 2 bridgehead atoms. The van der Waals surface area contributed by atoms with Crippen molar-refractivity contribution in [3.05, 3.63) is 115 Å². The van der Waals surface area contributed by atoms with Crippen molar-refractivity contribution in [2.24, 2.45) is 0 Å². The molecular weight excluding hydrogens is 759 g/mol. The fraction of sp³-hybridized carbons (Fsp3) is 0.219. The van der Waals surface area contributed by atoms with Gasteiger partial charge in [-0.05, 0) is 57.4 Å². The van der Waals surface area contributed by atoms with Gasteiger partial charge < -0.3 is 14.2 Å². The average molecular weight is 784 g/mol. The van der Waals surface area contributed by atoms with Crippen molar-refractivity contribution in [3.8, 4) is 17.6 Å². The van der Waals surface area contributed by atoms with Crippen LogP contribution in [0.15, 0.2) is 70.8 Å². The first-order valence-electron chi connectivity index (χ1n) is 11.6. The van der Waals surface area contributed by atoms with Crippen molar-refractivity contribution in [1.82, 2.24) is 0 Å². The van der Waals surface area contributed by atoms with Crippen molar-refractivity contribution < 1.29 is 68.1 Å². The van der Waals surface area contributed by atoms with E-state index in [4.69, 9.17) is 37.5 Å². The van der Waals surface area contributed by atoms with Gasteiger partial charge in [-0.1, -0.05) is 41.2 Å². The van der Waals surface area contributed by atoms with Gasteiger partial charge >= 0.3 is 68.5 Å². The zero-order valence-corrected chi connectivity index (χ0v) is 28.0. The zero-order chi connectivity index (χ0) is 33.7. The monoisotopic (exact) mass is 784 g/mol. The maximum absolute atomic E-state index is 12.8. The molecule has 2 aliphatic heterocycles. The Bertz CT molecular complexity index is 1410. The second kappa shape index (κ2) is 24.5. The standard InChI is InChI=1S/C27H25O5P.5CO.W/c1-16-17(2)25-23(27(29)32-5)22(26(28)31-4)24(16)33(25)21-9-7-6-8-19(21)13-10-18-11-14-20(30-3)15-12-18;5*1-2;/h6-9,11-12,14-15,24-25H,1-5H3;;;;;;. The Morgan fingerprint density at radius 2 is 1.09 bits per heavy atom.